The normalized spacial score (nSPS) is 15.9. The van der Waals surface area contributed by atoms with Gasteiger partial charge >= 0.3 is 0 Å². The van der Waals surface area contributed by atoms with Gasteiger partial charge in [-0.05, 0) is 63.0 Å². The number of amides is 1. The summed E-state index contributed by atoms with van der Waals surface area (Å²) < 4.78 is 10.9. The second kappa shape index (κ2) is 8.72. The Balaban J connectivity index is 1.44. The van der Waals surface area contributed by atoms with Gasteiger partial charge in [-0.1, -0.05) is 12.1 Å². The van der Waals surface area contributed by atoms with E-state index in [-0.39, 0.29) is 5.91 Å². The fraction of sp³-hybridized carbons (Fsp3) is 0.450. The first-order valence-corrected chi connectivity index (χ1v) is 9.01. The Hall–Kier alpha value is -2.27. The van der Waals surface area contributed by atoms with Crippen molar-refractivity contribution in [2.75, 3.05) is 26.2 Å². The van der Waals surface area contributed by atoms with E-state index in [9.17, 15) is 4.79 Å². The van der Waals surface area contributed by atoms with Crippen LogP contribution in [-0.4, -0.2) is 37.0 Å². The number of nitrogens with one attached hydrogen (secondary N) is 1. The van der Waals surface area contributed by atoms with Gasteiger partial charge in [0.1, 0.15) is 11.5 Å². The molecule has 2 heterocycles. The van der Waals surface area contributed by atoms with Crippen molar-refractivity contribution < 1.29 is 13.9 Å². The number of nitrogens with zero attached hydrogens (tertiary/aromatic N) is 1. The zero-order valence-corrected chi connectivity index (χ0v) is 14.7. The summed E-state index contributed by atoms with van der Waals surface area (Å²) in [5.41, 5.74) is 0.611. The van der Waals surface area contributed by atoms with Crippen molar-refractivity contribution in [2.45, 2.75) is 26.3 Å². The number of ether oxygens (including phenoxy) is 1. The van der Waals surface area contributed by atoms with Gasteiger partial charge in [0.25, 0.3) is 5.91 Å². The molecule has 5 nitrogen and oxygen atoms in total. The van der Waals surface area contributed by atoms with Crippen molar-refractivity contribution in [3.8, 4) is 5.75 Å². The average Bonchev–Trinajstić information content (AvgIpc) is 3.15. The molecule has 0 saturated carbocycles. The van der Waals surface area contributed by atoms with Crippen LogP contribution in [0.25, 0.3) is 0 Å². The molecule has 1 aromatic heterocycles. The Morgan fingerprint density at radius 1 is 1.24 bits per heavy atom. The molecule has 0 atom stereocenters. The first kappa shape index (κ1) is 17.5. The Labute approximate surface area is 149 Å². The van der Waals surface area contributed by atoms with E-state index in [1.807, 2.05) is 43.3 Å². The molecule has 1 amide bonds. The minimum absolute atomic E-state index is 0.0536. The van der Waals surface area contributed by atoms with Crippen LogP contribution in [0.2, 0.25) is 0 Å². The van der Waals surface area contributed by atoms with Crippen LogP contribution >= 0.6 is 0 Å². The maximum Gasteiger partial charge on any atom is 0.255 e. The summed E-state index contributed by atoms with van der Waals surface area (Å²) in [4.78, 5) is 14.8. The minimum Gasteiger partial charge on any atom is -0.493 e. The molecule has 0 spiro atoms. The molecule has 134 valence electrons. The lowest BCUT2D eigenvalue weighted by Gasteiger charge is -2.31. The van der Waals surface area contributed by atoms with E-state index in [4.69, 9.17) is 9.15 Å². The molecule has 2 aromatic rings. The van der Waals surface area contributed by atoms with Crippen molar-refractivity contribution in [1.29, 1.82) is 0 Å². The highest BCUT2D eigenvalue weighted by atomic mass is 16.5. The van der Waals surface area contributed by atoms with Gasteiger partial charge in [-0.3, -0.25) is 9.69 Å². The van der Waals surface area contributed by atoms with Crippen LogP contribution in [0, 0.1) is 5.92 Å². The van der Waals surface area contributed by atoms with Gasteiger partial charge in [0, 0.05) is 6.54 Å². The number of benzene rings is 1. The number of likely N-dealkylation sites (tertiary alicyclic amines) is 1. The van der Waals surface area contributed by atoms with E-state index in [1.54, 1.807) is 6.26 Å². The van der Waals surface area contributed by atoms with E-state index in [1.165, 1.54) is 0 Å². The minimum atomic E-state index is -0.0536. The Bertz CT molecular complexity index is 661. The van der Waals surface area contributed by atoms with Crippen LogP contribution in [-0.2, 0) is 6.54 Å². The van der Waals surface area contributed by atoms with Gasteiger partial charge < -0.3 is 14.5 Å². The molecule has 25 heavy (non-hydrogen) atoms. The molecule has 0 aliphatic carbocycles. The molecule has 5 heteroatoms. The van der Waals surface area contributed by atoms with Crippen molar-refractivity contribution in [3.63, 3.8) is 0 Å². The number of carbonyl (C=O) groups excluding carboxylic acids is 1. The largest absolute Gasteiger partial charge is 0.493 e. The number of rotatable bonds is 7. The topological polar surface area (TPSA) is 54.7 Å². The van der Waals surface area contributed by atoms with Gasteiger partial charge in [-0.2, -0.15) is 0 Å². The summed E-state index contributed by atoms with van der Waals surface area (Å²) in [6.45, 7) is 6.14. The average molecular weight is 342 g/mol. The van der Waals surface area contributed by atoms with Crippen LogP contribution in [0.5, 0.6) is 5.75 Å². The van der Waals surface area contributed by atoms with Crippen molar-refractivity contribution in [1.82, 2.24) is 10.2 Å². The fourth-order valence-corrected chi connectivity index (χ4v) is 3.24. The first-order valence-electron chi connectivity index (χ1n) is 9.01. The Morgan fingerprint density at radius 2 is 2.04 bits per heavy atom. The lowest BCUT2D eigenvalue weighted by Crippen LogP contribution is -2.38. The van der Waals surface area contributed by atoms with E-state index in [0.717, 1.165) is 38.2 Å². The highest BCUT2D eigenvalue weighted by molar-refractivity contribution is 5.96. The molecular formula is C20H26N2O3. The fourth-order valence-electron chi connectivity index (χ4n) is 3.24. The molecule has 3 rings (SSSR count). The van der Waals surface area contributed by atoms with Crippen molar-refractivity contribution in [3.05, 3.63) is 54.0 Å². The monoisotopic (exact) mass is 342 g/mol. The zero-order valence-electron chi connectivity index (χ0n) is 14.7. The molecule has 1 aromatic carbocycles. The highest BCUT2D eigenvalue weighted by Crippen LogP contribution is 2.20. The molecular weight excluding hydrogens is 316 g/mol. The smallest absolute Gasteiger partial charge is 0.255 e. The van der Waals surface area contributed by atoms with E-state index in [0.29, 0.717) is 30.4 Å². The van der Waals surface area contributed by atoms with Gasteiger partial charge in [0.05, 0.1) is 25.0 Å². The molecule has 1 saturated heterocycles. The lowest BCUT2D eigenvalue weighted by atomic mass is 9.96. The predicted octanol–water partition coefficient (Wildman–Crippen LogP) is 3.32. The van der Waals surface area contributed by atoms with Crippen LogP contribution in [0.4, 0.5) is 0 Å². The summed E-state index contributed by atoms with van der Waals surface area (Å²) in [7, 11) is 0. The summed E-state index contributed by atoms with van der Waals surface area (Å²) in [5.74, 6) is 2.13. The number of para-hydroxylation sites is 1. The maximum atomic E-state index is 12.4. The highest BCUT2D eigenvalue weighted by Gasteiger charge is 2.21. The number of piperidine rings is 1. The van der Waals surface area contributed by atoms with Gasteiger partial charge in [-0.15, -0.1) is 0 Å². The summed E-state index contributed by atoms with van der Waals surface area (Å²) >= 11 is 0. The molecule has 1 N–H and O–H groups in total. The van der Waals surface area contributed by atoms with Crippen LogP contribution in [0.3, 0.4) is 0 Å². The lowest BCUT2D eigenvalue weighted by molar-refractivity contribution is 0.0930. The van der Waals surface area contributed by atoms with E-state index >= 15 is 0 Å². The van der Waals surface area contributed by atoms with Crippen LogP contribution < -0.4 is 10.1 Å². The van der Waals surface area contributed by atoms with E-state index < -0.39 is 0 Å². The number of hydrogen-bond donors (Lipinski definition) is 1. The van der Waals surface area contributed by atoms with Gasteiger partial charge in [0.15, 0.2) is 0 Å². The molecule has 0 unspecified atom stereocenters. The third-order valence-electron chi connectivity index (χ3n) is 4.65. The third kappa shape index (κ3) is 4.86. The van der Waals surface area contributed by atoms with Gasteiger partial charge in [0.2, 0.25) is 0 Å². The molecule has 1 aliphatic rings. The zero-order chi connectivity index (χ0) is 17.5. The molecule has 0 bridgehead atoms. The Morgan fingerprint density at radius 3 is 2.76 bits per heavy atom. The van der Waals surface area contributed by atoms with Crippen molar-refractivity contribution >= 4 is 5.91 Å². The summed E-state index contributed by atoms with van der Waals surface area (Å²) in [5, 5.41) is 3.07. The molecule has 1 fully saturated rings. The second-order valence-electron chi connectivity index (χ2n) is 6.44. The predicted molar refractivity (Wildman–Crippen MR) is 96.7 cm³/mol. The van der Waals surface area contributed by atoms with Crippen LogP contribution in [0.15, 0.2) is 47.1 Å². The van der Waals surface area contributed by atoms with Crippen LogP contribution in [0.1, 0.15) is 35.9 Å². The second-order valence-corrected chi connectivity index (χ2v) is 6.44. The Kier molecular flexibility index (Phi) is 6.12. The first-order chi connectivity index (χ1) is 12.3. The summed E-state index contributed by atoms with van der Waals surface area (Å²) in [6.07, 6.45) is 3.90. The van der Waals surface area contributed by atoms with E-state index in [2.05, 4.69) is 10.2 Å². The summed E-state index contributed by atoms with van der Waals surface area (Å²) in [6, 6.07) is 11.3. The SMILES string of the molecule is CCOc1ccccc1C(=O)NCC1CCN(Cc2ccco2)CC1. The van der Waals surface area contributed by atoms with Gasteiger partial charge in [-0.25, -0.2) is 0 Å². The number of furan rings is 1. The standard InChI is InChI=1S/C20H26N2O3/c1-2-24-19-8-4-3-7-18(19)20(23)21-14-16-9-11-22(12-10-16)15-17-6-5-13-25-17/h3-8,13,16H,2,9-12,14-15H2,1H3,(H,21,23). The molecule has 0 radical (unpaired) electrons. The third-order valence-corrected chi connectivity index (χ3v) is 4.65. The van der Waals surface area contributed by atoms with Crippen molar-refractivity contribution in [2.24, 2.45) is 5.92 Å². The quantitative estimate of drug-likeness (QED) is 0.839. The maximum absolute atomic E-state index is 12.4. The number of carbonyl (C=O) groups is 1. The number of hydrogen-bond acceptors (Lipinski definition) is 4. The molecule has 1 aliphatic heterocycles.